The Bertz CT molecular complexity index is 374. The second-order valence-corrected chi connectivity index (χ2v) is 5.03. The van der Waals surface area contributed by atoms with Gasteiger partial charge < -0.3 is 15.2 Å². The third-order valence-corrected chi connectivity index (χ3v) is 3.45. The summed E-state index contributed by atoms with van der Waals surface area (Å²) in [6.07, 6.45) is 0. The molecule has 0 aromatic heterocycles. The number of nitrogens with two attached hydrogens (primary N) is 1. The Hall–Kier alpha value is -0.620. The van der Waals surface area contributed by atoms with Gasteiger partial charge in [-0.1, -0.05) is 15.9 Å². The Morgan fingerprint density at radius 3 is 2.67 bits per heavy atom. The van der Waals surface area contributed by atoms with Crippen molar-refractivity contribution in [2.75, 3.05) is 41.0 Å². The maximum Gasteiger partial charge on any atom is 0.123 e. The molecule has 0 saturated heterocycles. The van der Waals surface area contributed by atoms with Crippen molar-refractivity contribution in [2.24, 2.45) is 5.73 Å². The van der Waals surface area contributed by atoms with E-state index in [1.807, 2.05) is 19.2 Å². The first kappa shape index (κ1) is 15.4. The average molecular weight is 317 g/mol. The summed E-state index contributed by atoms with van der Waals surface area (Å²) in [6, 6.07) is 6.09. The maximum absolute atomic E-state index is 5.90. The fourth-order valence-corrected chi connectivity index (χ4v) is 2.28. The van der Waals surface area contributed by atoms with Crippen LogP contribution in [0.1, 0.15) is 11.6 Å². The molecule has 0 aliphatic heterocycles. The van der Waals surface area contributed by atoms with Crippen molar-refractivity contribution < 1.29 is 9.47 Å². The summed E-state index contributed by atoms with van der Waals surface area (Å²) >= 11 is 3.49. The predicted octanol–water partition coefficient (Wildman–Crippen LogP) is 2.04. The highest BCUT2D eigenvalue weighted by atomic mass is 79.9. The standard InChI is InChI=1S/C13H21BrN2O2/c1-16(6-7-17-2)12(9-15)11-8-10(14)4-5-13(11)18-3/h4-5,8,12H,6-7,9,15H2,1-3H3. The molecule has 18 heavy (non-hydrogen) atoms. The van der Waals surface area contributed by atoms with Gasteiger partial charge in [-0.15, -0.1) is 0 Å². The van der Waals surface area contributed by atoms with Gasteiger partial charge in [-0.25, -0.2) is 0 Å². The van der Waals surface area contributed by atoms with Crippen LogP contribution in [0.4, 0.5) is 0 Å². The highest BCUT2D eigenvalue weighted by Crippen LogP contribution is 2.30. The van der Waals surface area contributed by atoms with Gasteiger partial charge in [0.1, 0.15) is 5.75 Å². The van der Waals surface area contributed by atoms with E-state index in [0.29, 0.717) is 13.2 Å². The van der Waals surface area contributed by atoms with Crippen LogP contribution in [0.3, 0.4) is 0 Å². The third-order valence-electron chi connectivity index (χ3n) is 2.95. The van der Waals surface area contributed by atoms with E-state index in [9.17, 15) is 0 Å². The summed E-state index contributed by atoms with van der Waals surface area (Å²) in [5.74, 6) is 0.859. The Balaban J connectivity index is 2.96. The summed E-state index contributed by atoms with van der Waals surface area (Å²) in [5.41, 5.74) is 6.99. The first-order valence-corrected chi connectivity index (χ1v) is 6.66. The molecule has 102 valence electrons. The van der Waals surface area contributed by atoms with E-state index in [4.69, 9.17) is 15.2 Å². The molecule has 0 amide bonds. The molecular weight excluding hydrogens is 296 g/mol. The van der Waals surface area contributed by atoms with Crippen LogP contribution in [-0.4, -0.2) is 45.9 Å². The van der Waals surface area contributed by atoms with E-state index >= 15 is 0 Å². The number of methoxy groups -OCH3 is 2. The lowest BCUT2D eigenvalue weighted by atomic mass is 10.0. The van der Waals surface area contributed by atoms with Crippen molar-refractivity contribution in [3.05, 3.63) is 28.2 Å². The zero-order chi connectivity index (χ0) is 13.5. The average Bonchev–Trinajstić information content (AvgIpc) is 2.37. The molecule has 5 heteroatoms. The Kier molecular flexibility index (Phi) is 6.63. The smallest absolute Gasteiger partial charge is 0.123 e. The number of hydrogen-bond acceptors (Lipinski definition) is 4. The molecule has 0 radical (unpaired) electrons. The van der Waals surface area contributed by atoms with Crippen LogP contribution >= 0.6 is 15.9 Å². The molecule has 0 fully saturated rings. The van der Waals surface area contributed by atoms with Gasteiger partial charge in [0.15, 0.2) is 0 Å². The van der Waals surface area contributed by atoms with E-state index in [1.165, 1.54) is 0 Å². The third kappa shape index (κ3) is 3.95. The van der Waals surface area contributed by atoms with Gasteiger partial charge in [0.2, 0.25) is 0 Å². The summed E-state index contributed by atoms with van der Waals surface area (Å²) < 4.78 is 11.5. The van der Waals surface area contributed by atoms with Crippen molar-refractivity contribution in [2.45, 2.75) is 6.04 Å². The fraction of sp³-hybridized carbons (Fsp3) is 0.538. The SMILES string of the molecule is COCCN(C)C(CN)c1cc(Br)ccc1OC. The Morgan fingerprint density at radius 2 is 2.11 bits per heavy atom. The summed E-state index contributed by atoms with van der Waals surface area (Å²) in [5, 5.41) is 0. The van der Waals surface area contributed by atoms with Gasteiger partial charge >= 0.3 is 0 Å². The number of likely N-dealkylation sites (N-methyl/N-ethyl adjacent to an activating group) is 1. The molecule has 1 aromatic carbocycles. The minimum Gasteiger partial charge on any atom is -0.496 e. The quantitative estimate of drug-likeness (QED) is 0.836. The van der Waals surface area contributed by atoms with Crippen LogP contribution in [0, 0.1) is 0 Å². The molecule has 0 bridgehead atoms. The van der Waals surface area contributed by atoms with E-state index in [0.717, 1.165) is 22.3 Å². The van der Waals surface area contributed by atoms with E-state index in [2.05, 4.69) is 26.9 Å². The molecule has 4 nitrogen and oxygen atoms in total. The number of ether oxygens (including phenoxy) is 2. The van der Waals surface area contributed by atoms with Crippen molar-refractivity contribution in [3.8, 4) is 5.75 Å². The highest BCUT2D eigenvalue weighted by Gasteiger charge is 2.19. The molecule has 0 saturated carbocycles. The van der Waals surface area contributed by atoms with Crippen molar-refractivity contribution >= 4 is 15.9 Å². The van der Waals surface area contributed by atoms with Crippen LogP contribution in [0.5, 0.6) is 5.75 Å². The van der Waals surface area contributed by atoms with Crippen LogP contribution in [0.2, 0.25) is 0 Å². The predicted molar refractivity (Wildman–Crippen MR) is 77.0 cm³/mol. The number of benzene rings is 1. The van der Waals surface area contributed by atoms with Gasteiger partial charge in [-0.2, -0.15) is 0 Å². The largest absolute Gasteiger partial charge is 0.496 e. The number of hydrogen-bond donors (Lipinski definition) is 1. The first-order valence-electron chi connectivity index (χ1n) is 5.86. The van der Waals surface area contributed by atoms with Crippen molar-refractivity contribution in [1.29, 1.82) is 0 Å². The minimum absolute atomic E-state index is 0.118. The molecule has 1 unspecified atom stereocenters. The lowest BCUT2D eigenvalue weighted by molar-refractivity contribution is 0.139. The van der Waals surface area contributed by atoms with Gasteiger partial charge in [0.05, 0.1) is 19.8 Å². The molecule has 1 aromatic rings. The van der Waals surface area contributed by atoms with Crippen LogP contribution in [0.25, 0.3) is 0 Å². The number of nitrogens with zero attached hydrogens (tertiary/aromatic N) is 1. The molecular formula is C13H21BrN2O2. The minimum atomic E-state index is 0.118. The van der Waals surface area contributed by atoms with E-state index in [-0.39, 0.29) is 6.04 Å². The molecule has 0 spiro atoms. The number of rotatable bonds is 7. The second-order valence-electron chi connectivity index (χ2n) is 4.11. The Morgan fingerprint density at radius 1 is 1.39 bits per heavy atom. The molecule has 2 N–H and O–H groups in total. The zero-order valence-electron chi connectivity index (χ0n) is 11.1. The van der Waals surface area contributed by atoms with E-state index < -0.39 is 0 Å². The topological polar surface area (TPSA) is 47.7 Å². The van der Waals surface area contributed by atoms with Gasteiger partial charge in [0.25, 0.3) is 0 Å². The van der Waals surface area contributed by atoms with Gasteiger partial charge in [0, 0.05) is 30.2 Å². The van der Waals surface area contributed by atoms with Crippen LogP contribution in [0.15, 0.2) is 22.7 Å². The molecule has 0 aliphatic rings. The van der Waals surface area contributed by atoms with Crippen LogP contribution < -0.4 is 10.5 Å². The first-order chi connectivity index (χ1) is 8.63. The Labute approximate surface area is 117 Å². The lowest BCUT2D eigenvalue weighted by Gasteiger charge is -2.28. The van der Waals surface area contributed by atoms with Gasteiger partial charge in [-0.05, 0) is 25.2 Å². The molecule has 1 rings (SSSR count). The normalized spacial score (nSPS) is 12.8. The van der Waals surface area contributed by atoms with Crippen molar-refractivity contribution in [1.82, 2.24) is 4.90 Å². The summed E-state index contributed by atoms with van der Waals surface area (Å²) in [6.45, 7) is 2.05. The van der Waals surface area contributed by atoms with Crippen LogP contribution in [-0.2, 0) is 4.74 Å². The maximum atomic E-state index is 5.90. The summed E-state index contributed by atoms with van der Waals surface area (Å²) in [4.78, 5) is 2.17. The lowest BCUT2D eigenvalue weighted by Crippen LogP contribution is -2.33. The van der Waals surface area contributed by atoms with Gasteiger partial charge in [-0.3, -0.25) is 4.90 Å². The molecule has 1 atom stereocenters. The van der Waals surface area contributed by atoms with Crippen molar-refractivity contribution in [3.63, 3.8) is 0 Å². The fourth-order valence-electron chi connectivity index (χ4n) is 1.90. The van der Waals surface area contributed by atoms with E-state index in [1.54, 1.807) is 14.2 Å². The monoisotopic (exact) mass is 316 g/mol. The molecule has 0 heterocycles. The second kappa shape index (κ2) is 7.74. The number of halogens is 1. The summed E-state index contributed by atoms with van der Waals surface area (Å²) in [7, 11) is 5.41. The highest BCUT2D eigenvalue weighted by molar-refractivity contribution is 9.10. The molecule has 0 aliphatic carbocycles. The zero-order valence-corrected chi connectivity index (χ0v) is 12.7.